The van der Waals surface area contributed by atoms with Crippen molar-refractivity contribution in [3.63, 3.8) is 0 Å². The molecule has 0 heterocycles. The summed E-state index contributed by atoms with van der Waals surface area (Å²) < 4.78 is 28.0. The first kappa shape index (κ1) is 16.5. The van der Waals surface area contributed by atoms with Crippen molar-refractivity contribution in [2.24, 2.45) is 17.1 Å². The number of rotatable bonds is 6. The van der Waals surface area contributed by atoms with Gasteiger partial charge in [0.1, 0.15) is 11.6 Å². The van der Waals surface area contributed by atoms with Gasteiger partial charge in [0.25, 0.3) is 0 Å². The third-order valence-electron chi connectivity index (χ3n) is 3.30. The molecule has 5 heteroatoms. The van der Waals surface area contributed by atoms with Crippen LogP contribution in [0, 0.1) is 23.0 Å². The molecule has 2 nitrogen and oxygen atoms in total. The number of aliphatic hydroxyl groups excluding tert-OH is 1. The predicted molar refractivity (Wildman–Crippen MR) is 75.8 cm³/mol. The lowest BCUT2D eigenvalue weighted by atomic mass is 9.76. The first-order valence-corrected chi connectivity index (χ1v) is 7.08. The summed E-state index contributed by atoms with van der Waals surface area (Å²) in [6.07, 6.45) is 0.709. The van der Waals surface area contributed by atoms with Crippen molar-refractivity contribution < 1.29 is 13.9 Å². The Hall–Kier alpha value is -0.520. The molecule has 0 fully saturated rings. The predicted octanol–water partition coefficient (Wildman–Crippen LogP) is 3.25. The summed E-state index contributed by atoms with van der Waals surface area (Å²) >= 11 is 3.05. The molecule has 1 unspecified atom stereocenters. The Kier molecular flexibility index (Phi) is 5.89. The number of hydrogen-bond acceptors (Lipinski definition) is 2. The van der Waals surface area contributed by atoms with Crippen LogP contribution in [0.2, 0.25) is 0 Å². The van der Waals surface area contributed by atoms with Gasteiger partial charge in [-0.1, -0.05) is 13.8 Å². The SMILES string of the molecule is CC(C)CC(CN)(CO)Cc1c(F)ccc(Br)c1F. The van der Waals surface area contributed by atoms with Gasteiger partial charge in [-0.25, -0.2) is 8.78 Å². The number of aliphatic hydroxyl groups is 1. The van der Waals surface area contributed by atoms with Gasteiger partial charge in [-0.2, -0.15) is 0 Å². The molecule has 1 atom stereocenters. The van der Waals surface area contributed by atoms with Gasteiger partial charge in [-0.05, 0) is 46.8 Å². The maximum absolute atomic E-state index is 14.0. The van der Waals surface area contributed by atoms with Crippen LogP contribution in [0.5, 0.6) is 0 Å². The van der Waals surface area contributed by atoms with E-state index in [-0.39, 0.29) is 35.5 Å². The van der Waals surface area contributed by atoms with Crippen molar-refractivity contribution in [2.45, 2.75) is 26.7 Å². The van der Waals surface area contributed by atoms with Gasteiger partial charge in [-0.15, -0.1) is 0 Å². The molecule has 0 saturated heterocycles. The maximum Gasteiger partial charge on any atom is 0.143 e. The minimum Gasteiger partial charge on any atom is -0.396 e. The Morgan fingerprint density at radius 1 is 1.37 bits per heavy atom. The molecule has 1 aromatic rings. The second-order valence-electron chi connectivity index (χ2n) is 5.46. The van der Waals surface area contributed by atoms with E-state index in [0.717, 1.165) is 0 Å². The van der Waals surface area contributed by atoms with E-state index < -0.39 is 17.0 Å². The van der Waals surface area contributed by atoms with Crippen LogP contribution in [0.25, 0.3) is 0 Å². The van der Waals surface area contributed by atoms with Gasteiger partial charge in [0.05, 0.1) is 11.1 Å². The van der Waals surface area contributed by atoms with Crippen LogP contribution in [-0.2, 0) is 6.42 Å². The van der Waals surface area contributed by atoms with Crippen molar-refractivity contribution in [1.82, 2.24) is 0 Å². The van der Waals surface area contributed by atoms with Crippen LogP contribution in [0.15, 0.2) is 16.6 Å². The molecule has 0 aliphatic rings. The van der Waals surface area contributed by atoms with Crippen LogP contribution in [0.3, 0.4) is 0 Å². The Bertz CT molecular complexity index is 434. The zero-order chi connectivity index (χ0) is 14.6. The standard InChI is InChI=1S/C14H20BrF2NO/c1-9(2)5-14(7-18,8-19)6-10-12(16)4-3-11(15)13(10)17/h3-4,9,19H,5-8,18H2,1-2H3. The molecule has 0 aromatic heterocycles. The molecular formula is C14H20BrF2NO. The Labute approximate surface area is 121 Å². The Morgan fingerprint density at radius 2 is 2.00 bits per heavy atom. The van der Waals surface area contributed by atoms with Gasteiger partial charge < -0.3 is 10.8 Å². The molecule has 0 bridgehead atoms. The van der Waals surface area contributed by atoms with Gasteiger partial charge in [0.2, 0.25) is 0 Å². The number of hydrogen-bond donors (Lipinski definition) is 2. The van der Waals surface area contributed by atoms with Gasteiger partial charge in [0, 0.05) is 17.5 Å². The van der Waals surface area contributed by atoms with E-state index in [1.807, 2.05) is 13.8 Å². The van der Waals surface area contributed by atoms with Crippen LogP contribution >= 0.6 is 15.9 Å². The van der Waals surface area contributed by atoms with Crippen molar-refractivity contribution >= 4 is 15.9 Å². The zero-order valence-corrected chi connectivity index (χ0v) is 12.8. The van der Waals surface area contributed by atoms with Crippen molar-refractivity contribution in [3.05, 3.63) is 33.8 Å². The van der Waals surface area contributed by atoms with E-state index in [9.17, 15) is 13.9 Å². The monoisotopic (exact) mass is 335 g/mol. The third kappa shape index (κ3) is 3.97. The number of nitrogens with two attached hydrogens (primary N) is 1. The van der Waals surface area contributed by atoms with Crippen molar-refractivity contribution in [3.8, 4) is 0 Å². The highest BCUT2D eigenvalue weighted by Crippen LogP contribution is 2.33. The first-order chi connectivity index (χ1) is 8.85. The quantitative estimate of drug-likeness (QED) is 0.784. The van der Waals surface area contributed by atoms with E-state index >= 15 is 0 Å². The lowest BCUT2D eigenvalue weighted by Gasteiger charge is -2.32. The minimum atomic E-state index is -0.684. The summed E-state index contributed by atoms with van der Waals surface area (Å²) in [6, 6.07) is 2.55. The van der Waals surface area contributed by atoms with Crippen LogP contribution in [0.1, 0.15) is 25.8 Å². The molecule has 1 aromatic carbocycles. The summed E-state index contributed by atoms with van der Waals surface area (Å²) in [5.74, 6) is -0.931. The lowest BCUT2D eigenvalue weighted by molar-refractivity contribution is 0.106. The third-order valence-corrected chi connectivity index (χ3v) is 3.91. The highest BCUT2D eigenvalue weighted by Gasteiger charge is 2.32. The molecule has 0 aliphatic heterocycles. The van der Waals surface area contributed by atoms with Gasteiger partial charge in [0.15, 0.2) is 0 Å². The zero-order valence-electron chi connectivity index (χ0n) is 11.2. The van der Waals surface area contributed by atoms with Crippen molar-refractivity contribution in [1.29, 1.82) is 0 Å². The molecule has 0 aliphatic carbocycles. The number of halogens is 3. The molecule has 19 heavy (non-hydrogen) atoms. The minimum absolute atomic E-state index is 0.0190. The average molecular weight is 336 g/mol. The summed E-state index contributed by atoms with van der Waals surface area (Å²) in [5.41, 5.74) is 5.03. The molecule has 0 saturated carbocycles. The smallest absolute Gasteiger partial charge is 0.143 e. The van der Waals surface area contributed by atoms with E-state index in [4.69, 9.17) is 5.73 Å². The topological polar surface area (TPSA) is 46.2 Å². The van der Waals surface area contributed by atoms with Crippen LogP contribution in [0.4, 0.5) is 8.78 Å². The first-order valence-electron chi connectivity index (χ1n) is 6.28. The number of benzene rings is 1. The van der Waals surface area contributed by atoms with Gasteiger partial charge in [-0.3, -0.25) is 0 Å². The largest absolute Gasteiger partial charge is 0.396 e. The second kappa shape index (κ2) is 6.77. The normalized spacial score (nSPS) is 14.7. The summed E-state index contributed by atoms with van der Waals surface area (Å²) in [7, 11) is 0. The molecule has 0 radical (unpaired) electrons. The summed E-state index contributed by atoms with van der Waals surface area (Å²) in [4.78, 5) is 0. The molecule has 3 N–H and O–H groups in total. The van der Waals surface area contributed by atoms with E-state index in [1.54, 1.807) is 0 Å². The van der Waals surface area contributed by atoms with Gasteiger partial charge >= 0.3 is 0 Å². The molecular weight excluding hydrogens is 316 g/mol. The second-order valence-corrected chi connectivity index (χ2v) is 6.31. The molecule has 108 valence electrons. The van der Waals surface area contributed by atoms with E-state index in [1.165, 1.54) is 12.1 Å². The van der Waals surface area contributed by atoms with E-state index in [2.05, 4.69) is 15.9 Å². The summed E-state index contributed by atoms with van der Waals surface area (Å²) in [6.45, 7) is 3.99. The van der Waals surface area contributed by atoms with Crippen LogP contribution in [-0.4, -0.2) is 18.3 Å². The summed E-state index contributed by atoms with van der Waals surface area (Å²) in [5, 5.41) is 9.60. The van der Waals surface area contributed by atoms with Crippen molar-refractivity contribution in [2.75, 3.05) is 13.2 Å². The fourth-order valence-electron chi connectivity index (χ4n) is 2.38. The fraction of sp³-hybridized carbons (Fsp3) is 0.571. The van der Waals surface area contributed by atoms with Crippen LogP contribution < -0.4 is 5.73 Å². The van der Waals surface area contributed by atoms with E-state index in [0.29, 0.717) is 6.42 Å². The molecule has 0 spiro atoms. The average Bonchev–Trinajstić information content (AvgIpc) is 2.37. The maximum atomic E-state index is 14.0. The lowest BCUT2D eigenvalue weighted by Crippen LogP contribution is -2.38. The highest BCUT2D eigenvalue weighted by molar-refractivity contribution is 9.10. The molecule has 1 rings (SSSR count). The Balaban J connectivity index is 3.13. The molecule has 0 amide bonds. The fourth-order valence-corrected chi connectivity index (χ4v) is 2.76. The Morgan fingerprint density at radius 3 is 2.47 bits per heavy atom. The highest BCUT2D eigenvalue weighted by atomic mass is 79.9.